The highest BCUT2D eigenvalue weighted by Crippen LogP contribution is 2.47. The lowest BCUT2D eigenvalue weighted by molar-refractivity contribution is -0.162. The van der Waals surface area contributed by atoms with Gasteiger partial charge < -0.3 is 4.74 Å². The molecule has 3 fully saturated rings. The summed E-state index contributed by atoms with van der Waals surface area (Å²) in [5.74, 6) is 3.96. The molecule has 0 aromatic carbocycles. The Morgan fingerprint density at radius 2 is 1.38 bits per heavy atom. The van der Waals surface area contributed by atoms with E-state index in [1.54, 1.807) is 0 Å². The Labute approximate surface area is 197 Å². The Kier molecular flexibility index (Phi) is 10.1. The molecule has 0 N–H and O–H groups in total. The minimum absolute atomic E-state index is 0.141. The molecule has 0 aliphatic heterocycles. The van der Waals surface area contributed by atoms with Gasteiger partial charge in [0.1, 0.15) is 11.2 Å². The molecule has 1 unspecified atom stereocenters. The van der Waals surface area contributed by atoms with Crippen molar-refractivity contribution in [3.05, 3.63) is 0 Å². The first-order chi connectivity index (χ1) is 15.5. The summed E-state index contributed by atoms with van der Waals surface area (Å²) in [6, 6.07) is 0. The predicted molar refractivity (Wildman–Crippen MR) is 131 cm³/mol. The van der Waals surface area contributed by atoms with E-state index in [9.17, 15) is 9.59 Å². The van der Waals surface area contributed by atoms with Crippen molar-refractivity contribution in [2.45, 2.75) is 130 Å². The molecule has 0 bridgehead atoms. The zero-order valence-electron chi connectivity index (χ0n) is 21.3. The summed E-state index contributed by atoms with van der Waals surface area (Å²) >= 11 is 0. The molecule has 0 spiro atoms. The standard InChI is InChI=1S/C29H50O3/c1-4-6-8-20-32-28(31)29(3)19-18-26(21-27(29)30)25-16-14-24(15-17-25)23-12-10-22(11-13-23)9-7-5-2/h22-26H,4-21H2,1-3H3/t22?,23?,24?,25?,26?,29-/m0/s1. The lowest BCUT2D eigenvalue weighted by atomic mass is 9.62. The first-order valence-corrected chi connectivity index (χ1v) is 14.2. The number of unbranched alkanes of at least 4 members (excludes halogenated alkanes) is 3. The van der Waals surface area contributed by atoms with Crippen LogP contribution in [0.5, 0.6) is 0 Å². The van der Waals surface area contributed by atoms with Crippen LogP contribution in [0.1, 0.15) is 130 Å². The van der Waals surface area contributed by atoms with E-state index in [2.05, 4.69) is 13.8 Å². The van der Waals surface area contributed by atoms with E-state index in [0.29, 0.717) is 31.3 Å². The maximum Gasteiger partial charge on any atom is 0.319 e. The number of hydrogen-bond acceptors (Lipinski definition) is 3. The minimum atomic E-state index is -0.893. The molecule has 0 amide bonds. The summed E-state index contributed by atoms with van der Waals surface area (Å²) in [7, 11) is 0. The topological polar surface area (TPSA) is 43.4 Å². The van der Waals surface area contributed by atoms with Crippen molar-refractivity contribution in [1.82, 2.24) is 0 Å². The maximum absolute atomic E-state index is 13.0. The highest BCUT2D eigenvalue weighted by molar-refractivity contribution is 6.04. The number of esters is 1. The number of hydrogen-bond donors (Lipinski definition) is 0. The van der Waals surface area contributed by atoms with Gasteiger partial charge in [0.25, 0.3) is 0 Å². The monoisotopic (exact) mass is 446 g/mol. The Morgan fingerprint density at radius 3 is 1.94 bits per heavy atom. The van der Waals surface area contributed by atoms with Crippen molar-refractivity contribution in [3.8, 4) is 0 Å². The summed E-state index contributed by atoms with van der Waals surface area (Å²) in [6.45, 7) is 6.75. The Morgan fingerprint density at radius 1 is 0.812 bits per heavy atom. The van der Waals surface area contributed by atoms with Crippen LogP contribution in [0.3, 0.4) is 0 Å². The third-order valence-electron chi connectivity index (χ3n) is 9.52. The highest BCUT2D eigenvalue weighted by Gasteiger charge is 2.47. The van der Waals surface area contributed by atoms with Gasteiger partial charge in [0.2, 0.25) is 0 Å². The van der Waals surface area contributed by atoms with E-state index in [0.717, 1.165) is 43.4 Å². The second-order valence-corrected chi connectivity index (χ2v) is 11.7. The molecule has 0 aromatic rings. The molecule has 32 heavy (non-hydrogen) atoms. The number of Topliss-reactive ketones (excluding diaryl/α,β-unsaturated/α-hetero) is 1. The van der Waals surface area contributed by atoms with Gasteiger partial charge >= 0.3 is 5.97 Å². The van der Waals surface area contributed by atoms with Gasteiger partial charge in [-0.3, -0.25) is 9.59 Å². The van der Waals surface area contributed by atoms with E-state index in [4.69, 9.17) is 4.74 Å². The van der Waals surface area contributed by atoms with E-state index < -0.39 is 5.41 Å². The molecular formula is C29H50O3. The number of carbonyl (C=O) groups excluding carboxylic acids is 2. The zero-order chi connectivity index (χ0) is 23.0. The van der Waals surface area contributed by atoms with E-state index in [-0.39, 0.29) is 11.8 Å². The van der Waals surface area contributed by atoms with Crippen LogP contribution in [0, 0.1) is 35.0 Å². The maximum atomic E-state index is 13.0. The molecule has 3 aliphatic carbocycles. The average Bonchev–Trinajstić information content (AvgIpc) is 2.82. The first kappa shape index (κ1) is 25.8. The fourth-order valence-corrected chi connectivity index (χ4v) is 7.00. The molecule has 0 radical (unpaired) electrons. The molecule has 3 nitrogen and oxygen atoms in total. The van der Waals surface area contributed by atoms with Crippen molar-refractivity contribution in [3.63, 3.8) is 0 Å². The zero-order valence-corrected chi connectivity index (χ0v) is 21.3. The third kappa shape index (κ3) is 6.60. The lowest BCUT2D eigenvalue weighted by Crippen LogP contribution is -2.44. The van der Waals surface area contributed by atoms with Crippen molar-refractivity contribution < 1.29 is 14.3 Å². The van der Waals surface area contributed by atoms with Crippen LogP contribution in [-0.4, -0.2) is 18.4 Å². The molecule has 3 rings (SSSR count). The van der Waals surface area contributed by atoms with Gasteiger partial charge in [0.15, 0.2) is 0 Å². The summed E-state index contributed by atoms with van der Waals surface area (Å²) in [6.07, 6.45) is 20.8. The van der Waals surface area contributed by atoms with Gasteiger partial charge in [-0.05, 0) is 94.3 Å². The van der Waals surface area contributed by atoms with E-state index in [1.165, 1.54) is 70.6 Å². The van der Waals surface area contributed by atoms with Crippen LogP contribution in [0.4, 0.5) is 0 Å². The molecule has 0 heterocycles. The molecule has 3 aliphatic rings. The minimum Gasteiger partial charge on any atom is -0.465 e. The van der Waals surface area contributed by atoms with Crippen molar-refractivity contribution >= 4 is 11.8 Å². The molecule has 2 atom stereocenters. The van der Waals surface area contributed by atoms with Gasteiger partial charge in [0.05, 0.1) is 6.61 Å². The Balaban J connectivity index is 1.39. The Hall–Kier alpha value is -0.860. The fraction of sp³-hybridized carbons (Fsp3) is 0.931. The number of rotatable bonds is 10. The van der Waals surface area contributed by atoms with Crippen LogP contribution < -0.4 is 0 Å². The number of ether oxygens (including phenoxy) is 1. The second kappa shape index (κ2) is 12.6. The lowest BCUT2D eigenvalue weighted by Gasteiger charge is -2.42. The van der Waals surface area contributed by atoms with Gasteiger partial charge in [-0.2, -0.15) is 0 Å². The van der Waals surface area contributed by atoms with Crippen LogP contribution in [0.2, 0.25) is 0 Å². The van der Waals surface area contributed by atoms with E-state index in [1.807, 2.05) is 6.92 Å². The summed E-state index contributed by atoms with van der Waals surface area (Å²) < 4.78 is 5.49. The van der Waals surface area contributed by atoms with Crippen LogP contribution in [-0.2, 0) is 14.3 Å². The third-order valence-corrected chi connectivity index (χ3v) is 9.52. The first-order valence-electron chi connectivity index (χ1n) is 14.2. The fourth-order valence-electron chi connectivity index (χ4n) is 7.00. The molecular weight excluding hydrogens is 396 g/mol. The summed E-state index contributed by atoms with van der Waals surface area (Å²) in [5, 5.41) is 0. The van der Waals surface area contributed by atoms with Crippen LogP contribution in [0.15, 0.2) is 0 Å². The normalized spacial score (nSPS) is 36.1. The largest absolute Gasteiger partial charge is 0.465 e. The smallest absolute Gasteiger partial charge is 0.319 e. The highest BCUT2D eigenvalue weighted by atomic mass is 16.5. The van der Waals surface area contributed by atoms with Gasteiger partial charge in [0, 0.05) is 6.42 Å². The predicted octanol–water partition coefficient (Wildman–Crippen LogP) is 7.90. The van der Waals surface area contributed by atoms with Gasteiger partial charge in [-0.25, -0.2) is 0 Å². The Bertz CT molecular complexity index is 583. The van der Waals surface area contributed by atoms with Crippen LogP contribution >= 0.6 is 0 Å². The summed E-state index contributed by atoms with van der Waals surface area (Å²) in [5.41, 5.74) is -0.893. The quantitative estimate of drug-likeness (QED) is 0.194. The van der Waals surface area contributed by atoms with Crippen molar-refractivity contribution in [2.75, 3.05) is 6.61 Å². The number of ketones is 1. The molecule has 0 aromatic heterocycles. The molecule has 3 heteroatoms. The van der Waals surface area contributed by atoms with Crippen LogP contribution in [0.25, 0.3) is 0 Å². The van der Waals surface area contributed by atoms with Gasteiger partial charge in [-0.15, -0.1) is 0 Å². The summed E-state index contributed by atoms with van der Waals surface area (Å²) in [4.78, 5) is 25.6. The van der Waals surface area contributed by atoms with E-state index >= 15 is 0 Å². The average molecular weight is 447 g/mol. The molecule has 184 valence electrons. The van der Waals surface area contributed by atoms with Gasteiger partial charge in [-0.1, -0.05) is 58.8 Å². The molecule has 3 saturated carbocycles. The number of carbonyl (C=O) groups is 2. The van der Waals surface area contributed by atoms with Crippen molar-refractivity contribution in [1.29, 1.82) is 0 Å². The molecule has 0 saturated heterocycles. The van der Waals surface area contributed by atoms with Crippen molar-refractivity contribution in [2.24, 2.45) is 35.0 Å². The second-order valence-electron chi connectivity index (χ2n) is 11.7. The SMILES string of the molecule is CCCCCOC(=O)[C@@]1(C)CCC(C2CCC(C3CCC(CCCC)CC3)CC2)CC1=O.